The van der Waals surface area contributed by atoms with Gasteiger partial charge in [0.2, 0.25) is 0 Å². The van der Waals surface area contributed by atoms with E-state index in [1.807, 2.05) is 26.8 Å². The fraction of sp³-hybridized carbons (Fsp3) is 0.571. The normalized spacial score (nSPS) is 10.9. The van der Waals surface area contributed by atoms with Gasteiger partial charge in [-0.15, -0.1) is 0 Å². The van der Waals surface area contributed by atoms with Crippen molar-refractivity contribution in [3.8, 4) is 0 Å². The van der Waals surface area contributed by atoms with Crippen molar-refractivity contribution in [3.05, 3.63) is 12.3 Å². The average molecular weight is 128 g/mol. The van der Waals surface area contributed by atoms with Gasteiger partial charge in [-0.05, 0) is 13.8 Å². The van der Waals surface area contributed by atoms with Gasteiger partial charge in [-0.1, -0.05) is 19.9 Å². The first-order valence-corrected chi connectivity index (χ1v) is 3.18. The summed E-state index contributed by atoms with van der Waals surface area (Å²) in [5.74, 6) is 0.595. The van der Waals surface area contributed by atoms with Gasteiger partial charge < -0.3 is 5.73 Å². The second kappa shape index (κ2) is 10.2. The van der Waals surface area contributed by atoms with Crippen LogP contribution in [0, 0.1) is 0 Å². The highest BCUT2D eigenvalue weighted by molar-refractivity contribution is 5.77. The summed E-state index contributed by atoms with van der Waals surface area (Å²) in [6.45, 7) is 7.65. The highest BCUT2D eigenvalue weighted by atomic mass is 14.8. The first kappa shape index (κ1) is 11.1. The van der Waals surface area contributed by atoms with Crippen LogP contribution in [0.25, 0.3) is 0 Å². The van der Waals surface area contributed by atoms with Crippen LogP contribution in [0.15, 0.2) is 17.3 Å². The van der Waals surface area contributed by atoms with E-state index in [1.54, 1.807) is 13.1 Å². The first-order valence-electron chi connectivity index (χ1n) is 3.18. The maximum Gasteiger partial charge on any atom is 0.0957 e. The molecule has 0 aromatic carbocycles. The molecule has 0 aromatic heterocycles. The molecule has 0 aromatic rings. The van der Waals surface area contributed by atoms with Crippen LogP contribution in [-0.2, 0) is 0 Å². The van der Waals surface area contributed by atoms with Crippen molar-refractivity contribution in [2.45, 2.75) is 27.7 Å². The Hall–Kier alpha value is -0.790. The van der Waals surface area contributed by atoms with Crippen LogP contribution in [0.4, 0.5) is 0 Å². The number of hydrogen-bond donors (Lipinski definition) is 1. The summed E-state index contributed by atoms with van der Waals surface area (Å²) in [6.07, 6.45) is 3.49. The number of rotatable bonds is 1. The zero-order chi connectivity index (χ0) is 7.70. The Morgan fingerprint density at radius 2 is 1.89 bits per heavy atom. The number of hydrogen-bond acceptors (Lipinski definition) is 1. The van der Waals surface area contributed by atoms with Gasteiger partial charge in [0.15, 0.2) is 0 Å². The molecule has 0 spiro atoms. The van der Waals surface area contributed by atoms with E-state index in [0.29, 0.717) is 5.84 Å². The minimum Gasteiger partial charge on any atom is -0.387 e. The Kier molecular flexibility index (Phi) is 12.6. The van der Waals surface area contributed by atoms with Gasteiger partial charge in [-0.2, -0.15) is 0 Å². The SMILES string of the molecule is C/C=C\N=C(C)N.CC. The zero-order valence-corrected chi connectivity index (χ0v) is 6.68. The molecular formula is C7H16N2. The fourth-order valence-corrected chi connectivity index (χ4v) is 0.192. The Morgan fingerprint density at radius 1 is 1.44 bits per heavy atom. The van der Waals surface area contributed by atoms with Gasteiger partial charge in [0.25, 0.3) is 0 Å². The molecule has 0 aliphatic rings. The van der Waals surface area contributed by atoms with Gasteiger partial charge in [0, 0.05) is 6.20 Å². The molecule has 0 aliphatic heterocycles. The van der Waals surface area contributed by atoms with E-state index >= 15 is 0 Å². The molecule has 0 rings (SSSR count). The van der Waals surface area contributed by atoms with Crippen molar-refractivity contribution in [3.63, 3.8) is 0 Å². The average Bonchev–Trinajstić information content (AvgIpc) is 1.88. The fourth-order valence-electron chi connectivity index (χ4n) is 0.192. The van der Waals surface area contributed by atoms with Crippen LogP contribution in [-0.4, -0.2) is 5.84 Å². The van der Waals surface area contributed by atoms with Crippen LogP contribution in [0.5, 0.6) is 0 Å². The molecule has 0 saturated heterocycles. The molecule has 2 N–H and O–H groups in total. The predicted octanol–water partition coefficient (Wildman–Crippen LogP) is 1.92. The largest absolute Gasteiger partial charge is 0.387 e. The second-order valence-electron chi connectivity index (χ2n) is 1.25. The van der Waals surface area contributed by atoms with E-state index in [4.69, 9.17) is 5.73 Å². The highest BCUT2D eigenvalue weighted by Gasteiger charge is 1.66. The van der Waals surface area contributed by atoms with Gasteiger partial charge in [0.1, 0.15) is 0 Å². The predicted molar refractivity (Wildman–Crippen MR) is 43.5 cm³/mol. The molecule has 0 saturated carbocycles. The monoisotopic (exact) mass is 128 g/mol. The van der Waals surface area contributed by atoms with E-state index in [1.165, 1.54) is 0 Å². The molecule has 2 heteroatoms. The summed E-state index contributed by atoms with van der Waals surface area (Å²) in [4.78, 5) is 3.76. The summed E-state index contributed by atoms with van der Waals surface area (Å²) in [5, 5.41) is 0. The molecule has 0 fully saturated rings. The van der Waals surface area contributed by atoms with E-state index in [2.05, 4.69) is 4.99 Å². The molecule has 0 atom stereocenters. The van der Waals surface area contributed by atoms with Gasteiger partial charge in [0.05, 0.1) is 5.84 Å². The number of nitrogens with two attached hydrogens (primary N) is 1. The summed E-state index contributed by atoms with van der Waals surface area (Å²) in [5.41, 5.74) is 5.18. The topological polar surface area (TPSA) is 38.4 Å². The lowest BCUT2D eigenvalue weighted by molar-refractivity contribution is 1.45. The lowest BCUT2D eigenvalue weighted by Gasteiger charge is -1.79. The van der Waals surface area contributed by atoms with Crippen LogP contribution in [0.3, 0.4) is 0 Å². The third-order valence-electron chi connectivity index (χ3n) is 0.427. The molecule has 0 amide bonds. The summed E-state index contributed by atoms with van der Waals surface area (Å²) in [7, 11) is 0. The summed E-state index contributed by atoms with van der Waals surface area (Å²) < 4.78 is 0. The third-order valence-corrected chi connectivity index (χ3v) is 0.427. The molecule has 0 heterocycles. The second-order valence-corrected chi connectivity index (χ2v) is 1.25. The number of nitrogens with zero attached hydrogens (tertiary/aromatic N) is 1. The molecule has 0 aliphatic carbocycles. The summed E-state index contributed by atoms with van der Waals surface area (Å²) >= 11 is 0. The lowest BCUT2D eigenvalue weighted by Crippen LogP contribution is -2.03. The maximum absolute atomic E-state index is 5.18. The van der Waals surface area contributed by atoms with Crippen LogP contribution >= 0.6 is 0 Å². The molecule has 0 radical (unpaired) electrons. The van der Waals surface area contributed by atoms with Gasteiger partial charge in [-0.3, -0.25) is 0 Å². The molecule has 0 unspecified atom stereocenters. The van der Waals surface area contributed by atoms with Crippen molar-refractivity contribution in [1.82, 2.24) is 0 Å². The Balaban J connectivity index is 0. The minimum atomic E-state index is 0.595. The number of aliphatic imine (C=N–C) groups is 1. The molecular weight excluding hydrogens is 112 g/mol. The number of allylic oxidation sites excluding steroid dienone is 1. The first-order chi connectivity index (χ1) is 4.27. The maximum atomic E-state index is 5.18. The van der Waals surface area contributed by atoms with Crippen molar-refractivity contribution in [2.24, 2.45) is 10.7 Å². The summed E-state index contributed by atoms with van der Waals surface area (Å²) in [6, 6.07) is 0. The molecule has 2 nitrogen and oxygen atoms in total. The van der Waals surface area contributed by atoms with Gasteiger partial charge >= 0.3 is 0 Å². The van der Waals surface area contributed by atoms with Crippen molar-refractivity contribution >= 4 is 5.84 Å². The molecule has 9 heavy (non-hydrogen) atoms. The Labute approximate surface area is 57.5 Å². The van der Waals surface area contributed by atoms with E-state index in [-0.39, 0.29) is 0 Å². The van der Waals surface area contributed by atoms with Crippen LogP contribution in [0.2, 0.25) is 0 Å². The van der Waals surface area contributed by atoms with E-state index in [0.717, 1.165) is 0 Å². The smallest absolute Gasteiger partial charge is 0.0957 e. The Bertz CT molecular complexity index is 89.1. The highest BCUT2D eigenvalue weighted by Crippen LogP contribution is 1.71. The minimum absolute atomic E-state index is 0.595. The molecule has 54 valence electrons. The van der Waals surface area contributed by atoms with Crippen molar-refractivity contribution in [2.75, 3.05) is 0 Å². The standard InChI is InChI=1S/C5H10N2.C2H6/c1-3-4-7-5(2)6;1-2/h3-4H,1-2H3,(H2,6,7);1-2H3/b4-3-;. The van der Waals surface area contributed by atoms with Gasteiger partial charge in [-0.25, -0.2) is 4.99 Å². The number of amidine groups is 1. The van der Waals surface area contributed by atoms with Crippen molar-refractivity contribution in [1.29, 1.82) is 0 Å². The van der Waals surface area contributed by atoms with Crippen molar-refractivity contribution < 1.29 is 0 Å². The van der Waals surface area contributed by atoms with Crippen LogP contribution < -0.4 is 5.73 Å². The zero-order valence-electron chi connectivity index (χ0n) is 6.68. The Morgan fingerprint density at radius 3 is 2.00 bits per heavy atom. The quantitative estimate of drug-likeness (QED) is 0.425. The molecule has 0 bridgehead atoms. The lowest BCUT2D eigenvalue weighted by atomic mass is 10.7. The van der Waals surface area contributed by atoms with Crippen LogP contribution in [0.1, 0.15) is 27.7 Å². The van der Waals surface area contributed by atoms with E-state index in [9.17, 15) is 0 Å². The van der Waals surface area contributed by atoms with E-state index < -0.39 is 0 Å². The third kappa shape index (κ3) is 19.0.